The molecule has 1 amide bonds. The largest absolute Gasteiger partial charge is 0.444 e. The summed E-state index contributed by atoms with van der Waals surface area (Å²) >= 11 is 0. The average molecular weight is 286 g/mol. The summed E-state index contributed by atoms with van der Waals surface area (Å²) in [6.07, 6.45) is 1.59. The van der Waals surface area contributed by atoms with Gasteiger partial charge in [-0.3, -0.25) is 0 Å². The lowest BCUT2D eigenvalue weighted by Crippen LogP contribution is -2.50. The third-order valence-corrected chi connectivity index (χ3v) is 3.60. The van der Waals surface area contributed by atoms with Gasteiger partial charge in [0.25, 0.3) is 0 Å². The van der Waals surface area contributed by atoms with Gasteiger partial charge in [-0.2, -0.15) is 0 Å². The maximum Gasteiger partial charge on any atom is 0.410 e. The van der Waals surface area contributed by atoms with E-state index in [1.807, 2.05) is 20.8 Å². The number of piperidine rings is 1. The van der Waals surface area contributed by atoms with E-state index in [0.29, 0.717) is 25.0 Å². The molecule has 0 spiro atoms. The fourth-order valence-corrected chi connectivity index (χ4v) is 2.31. The van der Waals surface area contributed by atoms with Crippen molar-refractivity contribution in [2.75, 3.05) is 19.7 Å². The number of nitrogens with zero attached hydrogens (tertiary/aromatic N) is 1. The van der Waals surface area contributed by atoms with E-state index in [9.17, 15) is 9.90 Å². The Morgan fingerprint density at radius 1 is 1.35 bits per heavy atom. The standard InChI is InChI=1S/C15H30N2O3/c1-11(2)13(10-18)16-12-6-8-17(9-7-12)14(19)20-15(3,4)5/h11-13,16,18H,6-10H2,1-5H3. The summed E-state index contributed by atoms with van der Waals surface area (Å²) in [4.78, 5) is 13.7. The molecule has 0 aromatic heterocycles. The first-order valence-corrected chi connectivity index (χ1v) is 7.57. The van der Waals surface area contributed by atoms with Crippen molar-refractivity contribution in [2.24, 2.45) is 5.92 Å². The van der Waals surface area contributed by atoms with E-state index in [0.717, 1.165) is 12.8 Å². The Kier molecular flexibility index (Phi) is 6.27. The molecule has 1 saturated heterocycles. The highest BCUT2D eigenvalue weighted by atomic mass is 16.6. The number of rotatable bonds is 4. The molecule has 5 heteroatoms. The topological polar surface area (TPSA) is 61.8 Å². The molecule has 2 N–H and O–H groups in total. The fraction of sp³-hybridized carbons (Fsp3) is 0.933. The molecule has 1 unspecified atom stereocenters. The van der Waals surface area contributed by atoms with Gasteiger partial charge in [-0.15, -0.1) is 0 Å². The number of hydrogen-bond donors (Lipinski definition) is 2. The van der Waals surface area contributed by atoms with Crippen LogP contribution in [0.5, 0.6) is 0 Å². The molecule has 5 nitrogen and oxygen atoms in total. The van der Waals surface area contributed by atoms with Crippen LogP contribution in [-0.4, -0.2) is 53.5 Å². The van der Waals surface area contributed by atoms with Gasteiger partial charge in [0.2, 0.25) is 0 Å². The third-order valence-electron chi connectivity index (χ3n) is 3.60. The summed E-state index contributed by atoms with van der Waals surface area (Å²) in [5.74, 6) is 0.406. The minimum absolute atomic E-state index is 0.132. The van der Waals surface area contributed by atoms with Gasteiger partial charge in [-0.1, -0.05) is 13.8 Å². The molecule has 0 saturated carbocycles. The van der Waals surface area contributed by atoms with Crippen molar-refractivity contribution in [3.8, 4) is 0 Å². The van der Waals surface area contributed by atoms with Crippen LogP contribution in [-0.2, 0) is 4.74 Å². The second kappa shape index (κ2) is 7.27. The smallest absolute Gasteiger partial charge is 0.410 e. The number of likely N-dealkylation sites (tertiary alicyclic amines) is 1. The number of aliphatic hydroxyl groups is 1. The Morgan fingerprint density at radius 3 is 2.30 bits per heavy atom. The van der Waals surface area contributed by atoms with Gasteiger partial charge < -0.3 is 20.1 Å². The second-order valence-electron chi connectivity index (χ2n) is 6.94. The van der Waals surface area contributed by atoms with Crippen molar-refractivity contribution >= 4 is 6.09 Å². The Bertz CT molecular complexity index is 305. The molecule has 0 aromatic rings. The highest BCUT2D eigenvalue weighted by molar-refractivity contribution is 5.68. The Hall–Kier alpha value is -0.810. The van der Waals surface area contributed by atoms with Crippen LogP contribution in [0, 0.1) is 5.92 Å². The predicted molar refractivity (Wildman–Crippen MR) is 79.7 cm³/mol. The highest BCUT2D eigenvalue weighted by Crippen LogP contribution is 2.16. The SMILES string of the molecule is CC(C)C(CO)NC1CCN(C(=O)OC(C)(C)C)CC1. The van der Waals surface area contributed by atoms with E-state index in [1.165, 1.54) is 0 Å². The molecular weight excluding hydrogens is 256 g/mol. The molecule has 0 bridgehead atoms. The van der Waals surface area contributed by atoms with E-state index < -0.39 is 5.60 Å². The van der Waals surface area contributed by atoms with Gasteiger partial charge in [0.15, 0.2) is 0 Å². The zero-order chi connectivity index (χ0) is 15.3. The Balaban J connectivity index is 2.38. The summed E-state index contributed by atoms with van der Waals surface area (Å²) in [6, 6.07) is 0.501. The van der Waals surface area contributed by atoms with Gasteiger partial charge >= 0.3 is 6.09 Å². The molecule has 1 aliphatic rings. The van der Waals surface area contributed by atoms with Crippen molar-refractivity contribution < 1.29 is 14.6 Å². The Labute approximate surface area is 122 Å². The fourth-order valence-electron chi connectivity index (χ4n) is 2.31. The van der Waals surface area contributed by atoms with Crippen LogP contribution in [0.2, 0.25) is 0 Å². The van der Waals surface area contributed by atoms with Crippen molar-refractivity contribution in [1.82, 2.24) is 10.2 Å². The first-order chi connectivity index (χ1) is 9.23. The summed E-state index contributed by atoms with van der Waals surface area (Å²) in [5.41, 5.74) is -0.439. The molecular formula is C15H30N2O3. The summed E-state index contributed by atoms with van der Waals surface area (Å²) in [7, 11) is 0. The van der Waals surface area contributed by atoms with Crippen LogP contribution >= 0.6 is 0 Å². The lowest BCUT2D eigenvalue weighted by atomic mass is 10.00. The quantitative estimate of drug-likeness (QED) is 0.829. The van der Waals surface area contributed by atoms with Crippen LogP contribution in [0.15, 0.2) is 0 Å². The van der Waals surface area contributed by atoms with Gasteiger partial charge in [0.05, 0.1) is 6.61 Å². The summed E-state index contributed by atoms with van der Waals surface area (Å²) < 4.78 is 5.38. The van der Waals surface area contributed by atoms with Crippen LogP contribution in [0.25, 0.3) is 0 Å². The lowest BCUT2D eigenvalue weighted by Gasteiger charge is -2.35. The van der Waals surface area contributed by atoms with E-state index in [4.69, 9.17) is 4.74 Å². The molecule has 0 aromatic carbocycles. The summed E-state index contributed by atoms with van der Waals surface area (Å²) in [5, 5.41) is 12.8. The first kappa shape index (κ1) is 17.2. The number of nitrogens with one attached hydrogen (secondary N) is 1. The molecule has 0 aliphatic carbocycles. The van der Waals surface area contributed by atoms with Gasteiger partial charge in [-0.05, 0) is 39.5 Å². The average Bonchev–Trinajstić information content (AvgIpc) is 2.34. The third kappa shape index (κ3) is 5.67. The minimum Gasteiger partial charge on any atom is -0.444 e. The first-order valence-electron chi connectivity index (χ1n) is 7.57. The number of amides is 1. The molecule has 118 valence electrons. The zero-order valence-corrected chi connectivity index (χ0v) is 13.5. The maximum absolute atomic E-state index is 12.0. The molecule has 1 aliphatic heterocycles. The monoisotopic (exact) mass is 286 g/mol. The van der Waals surface area contributed by atoms with E-state index in [1.54, 1.807) is 4.90 Å². The second-order valence-corrected chi connectivity index (χ2v) is 6.94. The van der Waals surface area contributed by atoms with Crippen LogP contribution in [0.4, 0.5) is 4.79 Å². The summed E-state index contributed by atoms with van der Waals surface area (Å²) in [6.45, 7) is 11.4. The minimum atomic E-state index is -0.439. The van der Waals surface area contributed by atoms with Gasteiger partial charge in [0.1, 0.15) is 5.60 Å². The Morgan fingerprint density at radius 2 is 1.90 bits per heavy atom. The molecule has 1 fully saturated rings. The normalized spacial score (nSPS) is 19.2. The molecule has 20 heavy (non-hydrogen) atoms. The molecule has 0 radical (unpaired) electrons. The van der Waals surface area contributed by atoms with Gasteiger partial charge in [0, 0.05) is 25.2 Å². The molecule has 1 atom stereocenters. The number of aliphatic hydroxyl groups excluding tert-OH is 1. The molecule has 1 rings (SSSR count). The maximum atomic E-state index is 12.0. The van der Waals surface area contributed by atoms with E-state index in [2.05, 4.69) is 19.2 Å². The van der Waals surface area contributed by atoms with E-state index in [-0.39, 0.29) is 18.7 Å². The van der Waals surface area contributed by atoms with Crippen LogP contribution in [0.1, 0.15) is 47.5 Å². The van der Waals surface area contributed by atoms with E-state index >= 15 is 0 Å². The van der Waals surface area contributed by atoms with Gasteiger partial charge in [-0.25, -0.2) is 4.79 Å². The van der Waals surface area contributed by atoms with Crippen LogP contribution < -0.4 is 5.32 Å². The van der Waals surface area contributed by atoms with Crippen molar-refractivity contribution in [1.29, 1.82) is 0 Å². The van der Waals surface area contributed by atoms with Crippen LogP contribution in [0.3, 0.4) is 0 Å². The number of carbonyl (C=O) groups is 1. The van der Waals surface area contributed by atoms with Crippen molar-refractivity contribution in [3.05, 3.63) is 0 Å². The number of hydrogen-bond acceptors (Lipinski definition) is 4. The predicted octanol–water partition coefficient (Wildman–Crippen LogP) is 1.99. The number of ether oxygens (including phenoxy) is 1. The highest BCUT2D eigenvalue weighted by Gasteiger charge is 2.28. The lowest BCUT2D eigenvalue weighted by molar-refractivity contribution is 0.0190. The molecule has 1 heterocycles. The zero-order valence-electron chi connectivity index (χ0n) is 13.5. The van der Waals surface area contributed by atoms with Crippen molar-refractivity contribution in [3.63, 3.8) is 0 Å². The number of carbonyl (C=O) groups excluding carboxylic acids is 1. The van der Waals surface area contributed by atoms with Crippen molar-refractivity contribution in [2.45, 2.75) is 65.1 Å².